The SMILES string of the molecule is CC(N)Cc1cc(Br)ccc1N1CCc2sccc2C1. The highest BCUT2D eigenvalue weighted by Crippen LogP contribution is 2.31. The van der Waals surface area contributed by atoms with Gasteiger partial charge in [0.2, 0.25) is 0 Å². The molecule has 0 saturated heterocycles. The fourth-order valence-corrected chi connectivity index (χ4v) is 4.13. The third kappa shape index (κ3) is 2.92. The van der Waals surface area contributed by atoms with E-state index in [1.165, 1.54) is 16.8 Å². The maximum Gasteiger partial charge on any atom is 0.0440 e. The Hall–Kier alpha value is -0.840. The van der Waals surface area contributed by atoms with Crippen LogP contribution < -0.4 is 10.6 Å². The Bertz CT molecular complexity index is 606. The predicted octanol–water partition coefficient (Wildman–Crippen LogP) is 3.96. The summed E-state index contributed by atoms with van der Waals surface area (Å²) in [5, 5.41) is 2.21. The molecule has 0 saturated carbocycles. The molecule has 2 N–H and O–H groups in total. The summed E-state index contributed by atoms with van der Waals surface area (Å²) in [4.78, 5) is 4.03. The molecule has 4 heteroatoms. The van der Waals surface area contributed by atoms with Gasteiger partial charge in [-0.15, -0.1) is 11.3 Å². The monoisotopic (exact) mass is 350 g/mol. The summed E-state index contributed by atoms with van der Waals surface area (Å²) >= 11 is 5.46. The summed E-state index contributed by atoms with van der Waals surface area (Å²) in [6.07, 6.45) is 2.07. The van der Waals surface area contributed by atoms with Gasteiger partial charge in [0, 0.05) is 34.2 Å². The Morgan fingerprint density at radius 3 is 3.05 bits per heavy atom. The molecule has 1 aromatic heterocycles. The number of hydrogen-bond donors (Lipinski definition) is 1. The lowest BCUT2D eigenvalue weighted by Crippen LogP contribution is -2.31. The molecular formula is C16H19BrN2S. The van der Waals surface area contributed by atoms with E-state index in [0.29, 0.717) is 0 Å². The number of halogens is 1. The van der Waals surface area contributed by atoms with Crippen molar-refractivity contribution in [2.24, 2.45) is 5.73 Å². The zero-order chi connectivity index (χ0) is 14.1. The van der Waals surface area contributed by atoms with Crippen LogP contribution in [-0.4, -0.2) is 12.6 Å². The number of nitrogens with two attached hydrogens (primary N) is 1. The molecule has 1 aromatic carbocycles. The molecule has 0 radical (unpaired) electrons. The van der Waals surface area contributed by atoms with Crippen LogP contribution in [0.5, 0.6) is 0 Å². The molecule has 106 valence electrons. The minimum absolute atomic E-state index is 0.185. The molecule has 0 aliphatic carbocycles. The van der Waals surface area contributed by atoms with Gasteiger partial charge >= 0.3 is 0 Å². The maximum absolute atomic E-state index is 6.00. The van der Waals surface area contributed by atoms with Gasteiger partial charge < -0.3 is 10.6 Å². The normalized spacial score (nSPS) is 16.1. The highest BCUT2D eigenvalue weighted by Gasteiger charge is 2.19. The van der Waals surface area contributed by atoms with Gasteiger partial charge in [0.15, 0.2) is 0 Å². The van der Waals surface area contributed by atoms with E-state index < -0.39 is 0 Å². The van der Waals surface area contributed by atoms with Crippen LogP contribution in [0.4, 0.5) is 5.69 Å². The molecule has 2 heterocycles. The van der Waals surface area contributed by atoms with Crippen LogP contribution in [0.3, 0.4) is 0 Å². The van der Waals surface area contributed by atoms with Crippen molar-refractivity contribution in [3.05, 3.63) is 50.1 Å². The van der Waals surface area contributed by atoms with E-state index in [-0.39, 0.29) is 6.04 Å². The van der Waals surface area contributed by atoms with Gasteiger partial charge in [-0.1, -0.05) is 15.9 Å². The summed E-state index contributed by atoms with van der Waals surface area (Å²) in [5.41, 5.74) is 10.2. The van der Waals surface area contributed by atoms with Crippen molar-refractivity contribution in [1.29, 1.82) is 0 Å². The molecule has 2 nitrogen and oxygen atoms in total. The molecule has 20 heavy (non-hydrogen) atoms. The number of thiophene rings is 1. The lowest BCUT2D eigenvalue weighted by Gasteiger charge is -2.31. The quantitative estimate of drug-likeness (QED) is 0.907. The van der Waals surface area contributed by atoms with Gasteiger partial charge in [-0.3, -0.25) is 0 Å². The Kier molecular flexibility index (Phi) is 4.15. The Morgan fingerprint density at radius 1 is 1.40 bits per heavy atom. The molecule has 1 atom stereocenters. The van der Waals surface area contributed by atoms with Crippen molar-refractivity contribution >= 4 is 33.0 Å². The maximum atomic E-state index is 6.00. The zero-order valence-corrected chi connectivity index (χ0v) is 14.0. The Labute approximate surface area is 132 Å². The first-order valence-corrected chi connectivity index (χ1v) is 8.65. The third-order valence-corrected chi connectivity index (χ3v) is 5.25. The Balaban J connectivity index is 1.90. The number of hydrogen-bond acceptors (Lipinski definition) is 3. The summed E-state index contributed by atoms with van der Waals surface area (Å²) in [6.45, 7) is 4.19. The van der Waals surface area contributed by atoms with Gasteiger partial charge in [0.25, 0.3) is 0 Å². The fraction of sp³-hybridized carbons (Fsp3) is 0.375. The lowest BCUT2D eigenvalue weighted by molar-refractivity contribution is 0.711. The highest BCUT2D eigenvalue weighted by molar-refractivity contribution is 9.10. The van der Waals surface area contributed by atoms with Crippen LogP contribution in [0.25, 0.3) is 0 Å². The summed E-state index contributed by atoms with van der Waals surface area (Å²) < 4.78 is 1.13. The van der Waals surface area contributed by atoms with Crippen molar-refractivity contribution in [3.8, 4) is 0 Å². The zero-order valence-electron chi connectivity index (χ0n) is 11.6. The largest absolute Gasteiger partial charge is 0.367 e. The molecular weight excluding hydrogens is 332 g/mol. The van der Waals surface area contributed by atoms with Gasteiger partial charge in [-0.05, 0) is 60.5 Å². The molecule has 1 aliphatic heterocycles. The van der Waals surface area contributed by atoms with E-state index >= 15 is 0 Å². The van der Waals surface area contributed by atoms with Crippen molar-refractivity contribution in [2.45, 2.75) is 32.4 Å². The summed E-state index contributed by atoms with van der Waals surface area (Å²) in [7, 11) is 0. The van der Waals surface area contributed by atoms with E-state index in [1.54, 1.807) is 4.88 Å². The van der Waals surface area contributed by atoms with E-state index in [2.05, 4.69) is 57.4 Å². The van der Waals surface area contributed by atoms with Crippen molar-refractivity contribution in [1.82, 2.24) is 0 Å². The second kappa shape index (κ2) is 5.88. The van der Waals surface area contributed by atoms with Gasteiger partial charge in [0.1, 0.15) is 0 Å². The van der Waals surface area contributed by atoms with Crippen molar-refractivity contribution < 1.29 is 0 Å². The van der Waals surface area contributed by atoms with E-state index in [4.69, 9.17) is 5.73 Å². The average Bonchev–Trinajstić information content (AvgIpc) is 2.85. The number of benzene rings is 1. The number of nitrogens with zero attached hydrogens (tertiary/aromatic N) is 1. The third-order valence-electron chi connectivity index (χ3n) is 3.73. The molecule has 0 bridgehead atoms. The molecule has 0 spiro atoms. The van der Waals surface area contributed by atoms with Crippen molar-refractivity contribution in [3.63, 3.8) is 0 Å². The minimum atomic E-state index is 0.185. The summed E-state index contributed by atoms with van der Waals surface area (Å²) in [6, 6.07) is 9.00. The van der Waals surface area contributed by atoms with Crippen LogP contribution in [-0.2, 0) is 19.4 Å². The van der Waals surface area contributed by atoms with E-state index in [0.717, 1.165) is 30.4 Å². The average molecular weight is 351 g/mol. The number of fused-ring (bicyclic) bond motifs is 1. The van der Waals surface area contributed by atoms with Crippen LogP contribution in [0.1, 0.15) is 22.9 Å². The second-order valence-corrected chi connectivity index (χ2v) is 7.41. The minimum Gasteiger partial charge on any atom is -0.367 e. The first-order valence-electron chi connectivity index (χ1n) is 6.97. The first kappa shape index (κ1) is 14.1. The number of rotatable bonds is 3. The first-order chi connectivity index (χ1) is 9.63. The topological polar surface area (TPSA) is 29.3 Å². The van der Waals surface area contributed by atoms with Crippen LogP contribution in [0.15, 0.2) is 34.1 Å². The van der Waals surface area contributed by atoms with Crippen molar-refractivity contribution in [2.75, 3.05) is 11.4 Å². The van der Waals surface area contributed by atoms with Gasteiger partial charge in [-0.2, -0.15) is 0 Å². The lowest BCUT2D eigenvalue weighted by atomic mass is 10.0. The molecule has 3 rings (SSSR count). The van der Waals surface area contributed by atoms with Crippen LogP contribution >= 0.6 is 27.3 Å². The van der Waals surface area contributed by atoms with Gasteiger partial charge in [0.05, 0.1) is 0 Å². The Morgan fingerprint density at radius 2 is 2.25 bits per heavy atom. The van der Waals surface area contributed by atoms with E-state index in [9.17, 15) is 0 Å². The molecule has 1 unspecified atom stereocenters. The van der Waals surface area contributed by atoms with E-state index in [1.807, 2.05) is 11.3 Å². The molecule has 1 aliphatic rings. The molecule has 0 amide bonds. The fourth-order valence-electron chi connectivity index (χ4n) is 2.83. The van der Waals surface area contributed by atoms with Crippen LogP contribution in [0, 0.1) is 0 Å². The van der Waals surface area contributed by atoms with Crippen LogP contribution in [0.2, 0.25) is 0 Å². The summed E-state index contributed by atoms with van der Waals surface area (Å²) in [5.74, 6) is 0. The smallest absolute Gasteiger partial charge is 0.0440 e. The molecule has 2 aromatic rings. The number of anilines is 1. The standard InChI is InChI=1S/C16H19BrN2S/c1-11(18)8-13-9-14(17)2-3-15(13)19-6-4-16-12(10-19)5-7-20-16/h2-3,5,7,9,11H,4,6,8,10,18H2,1H3. The van der Waals surface area contributed by atoms with Gasteiger partial charge in [-0.25, -0.2) is 0 Å². The highest BCUT2D eigenvalue weighted by atomic mass is 79.9. The second-order valence-electron chi connectivity index (χ2n) is 5.50. The molecule has 0 fully saturated rings. The predicted molar refractivity (Wildman–Crippen MR) is 90.6 cm³/mol.